The molecule has 0 unspecified atom stereocenters. The fourth-order valence-corrected chi connectivity index (χ4v) is 5.47. The number of sulfonamides is 1. The molecule has 160 valence electrons. The molecular formula is C18H20FN5O4S2. The second kappa shape index (κ2) is 7.36. The van der Waals surface area contributed by atoms with Gasteiger partial charge in [0.1, 0.15) is 16.7 Å². The third kappa shape index (κ3) is 3.59. The minimum absolute atomic E-state index is 0.0562. The summed E-state index contributed by atoms with van der Waals surface area (Å²) in [5, 5.41) is 9.15. The van der Waals surface area contributed by atoms with Gasteiger partial charge >= 0.3 is 5.69 Å². The lowest BCUT2D eigenvalue weighted by Gasteiger charge is -2.15. The van der Waals surface area contributed by atoms with Crippen LogP contribution in [0.1, 0.15) is 29.8 Å². The van der Waals surface area contributed by atoms with Gasteiger partial charge in [-0.1, -0.05) is 11.3 Å². The first-order chi connectivity index (χ1) is 14.2. The average molecular weight is 454 g/mol. The van der Waals surface area contributed by atoms with Crippen LogP contribution in [0.15, 0.2) is 32.7 Å². The van der Waals surface area contributed by atoms with E-state index in [0.717, 1.165) is 4.57 Å². The Morgan fingerprint density at radius 2 is 1.97 bits per heavy atom. The molecule has 1 aliphatic rings. The topological polar surface area (TPSA) is 116 Å². The summed E-state index contributed by atoms with van der Waals surface area (Å²) in [6, 6.07) is 3.99. The van der Waals surface area contributed by atoms with E-state index >= 15 is 0 Å². The molecule has 0 amide bonds. The number of alkyl halides is 1. The highest BCUT2D eigenvalue weighted by atomic mass is 32.2. The molecule has 1 saturated carbocycles. The monoisotopic (exact) mass is 453 g/mol. The van der Waals surface area contributed by atoms with Gasteiger partial charge in [0.25, 0.3) is 5.56 Å². The van der Waals surface area contributed by atoms with Crippen molar-refractivity contribution in [3.63, 3.8) is 0 Å². The van der Waals surface area contributed by atoms with Gasteiger partial charge in [-0.15, -0.1) is 10.2 Å². The fourth-order valence-electron chi connectivity index (χ4n) is 3.31. The first-order valence-electron chi connectivity index (χ1n) is 9.36. The molecule has 1 fully saturated rings. The summed E-state index contributed by atoms with van der Waals surface area (Å²) in [6.45, 7) is 2.97. The predicted molar refractivity (Wildman–Crippen MR) is 110 cm³/mol. The predicted octanol–water partition coefficient (Wildman–Crippen LogP) is 1.17. The van der Waals surface area contributed by atoms with Crippen LogP contribution in [-0.2, 0) is 23.1 Å². The molecule has 0 bridgehead atoms. The van der Waals surface area contributed by atoms with Gasteiger partial charge in [0.05, 0.1) is 27.9 Å². The summed E-state index contributed by atoms with van der Waals surface area (Å²) >= 11 is 1.27. The van der Waals surface area contributed by atoms with E-state index < -0.39 is 33.5 Å². The standard InChI is InChI=1S/C18H20FN5O4S2/c1-3-23-14-5-4-12(30(27,28)22-18(10-19)6-7-18)8-13(14)16(25)24(17(23)26)9-15-21-20-11(2)29-15/h4-5,8,22H,3,6-7,9-10H2,1-2H3. The van der Waals surface area contributed by atoms with E-state index in [4.69, 9.17) is 0 Å². The van der Waals surface area contributed by atoms with Crippen LogP contribution in [0.3, 0.4) is 0 Å². The van der Waals surface area contributed by atoms with Gasteiger partial charge in [0.15, 0.2) is 0 Å². The van der Waals surface area contributed by atoms with E-state index in [1.54, 1.807) is 13.8 Å². The maximum atomic E-state index is 13.2. The van der Waals surface area contributed by atoms with Gasteiger partial charge in [-0.2, -0.15) is 0 Å². The minimum Gasteiger partial charge on any atom is -0.293 e. The molecule has 3 aromatic rings. The molecule has 9 nitrogen and oxygen atoms in total. The number of hydrogen-bond donors (Lipinski definition) is 1. The molecule has 1 N–H and O–H groups in total. The Morgan fingerprint density at radius 3 is 2.53 bits per heavy atom. The van der Waals surface area contributed by atoms with Crippen LogP contribution in [0.4, 0.5) is 4.39 Å². The number of hydrogen-bond acceptors (Lipinski definition) is 7. The summed E-state index contributed by atoms with van der Waals surface area (Å²) in [7, 11) is -4.02. The Morgan fingerprint density at radius 1 is 1.23 bits per heavy atom. The normalized spacial score (nSPS) is 15.6. The summed E-state index contributed by atoms with van der Waals surface area (Å²) in [6.07, 6.45) is 0.861. The molecule has 12 heteroatoms. The maximum absolute atomic E-state index is 13.2. The highest BCUT2D eigenvalue weighted by Crippen LogP contribution is 2.37. The molecule has 30 heavy (non-hydrogen) atoms. The van der Waals surface area contributed by atoms with Gasteiger partial charge in [-0.25, -0.2) is 22.3 Å². The molecule has 0 saturated heterocycles. The minimum atomic E-state index is -4.02. The lowest BCUT2D eigenvalue weighted by molar-refractivity contribution is 0.393. The zero-order chi connectivity index (χ0) is 21.7. The van der Waals surface area contributed by atoms with Crippen molar-refractivity contribution in [3.8, 4) is 0 Å². The summed E-state index contributed by atoms with van der Waals surface area (Å²) in [4.78, 5) is 25.8. The van der Waals surface area contributed by atoms with Crippen molar-refractivity contribution >= 4 is 32.3 Å². The van der Waals surface area contributed by atoms with Crippen molar-refractivity contribution in [2.45, 2.75) is 50.2 Å². The lowest BCUT2D eigenvalue weighted by Crippen LogP contribution is -2.40. The highest BCUT2D eigenvalue weighted by molar-refractivity contribution is 7.89. The van der Waals surface area contributed by atoms with Crippen LogP contribution in [0.25, 0.3) is 10.9 Å². The van der Waals surface area contributed by atoms with Crippen LogP contribution in [0.5, 0.6) is 0 Å². The molecule has 1 aliphatic carbocycles. The Bertz CT molecular complexity index is 1360. The molecule has 4 rings (SSSR count). The van der Waals surface area contributed by atoms with Crippen LogP contribution < -0.4 is 16.0 Å². The second-order valence-corrected chi connectivity index (χ2v) is 10.3. The summed E-state index contributed by atoms with van der Waals surface area (Å²) in [5.74, 6) is 0. The van der Waals surface area contributed by atoms with Crippen LogP contribution in [-0.4, -0.2) is 40.0 Å². The number of aryl methyl sites for hydroxylation is 2. The van der Waals surface area contributed by atoms with E-state index in [1.165, 1.54) is 34.1 Å². The van der Waals surface area contributed by atoms with E-state index in [9.17, 15) is 22.4 Å². The number of nitrogens with zero attached hydrogens (tertiary/aromatic N) is 4. The molecular weight excluding hydrogens is 433 g/mol. The van der Waals surface area contributed by atoms with Gasteiger partial charge in [-0.3, -0.25) is 13.9 Å². The zero-order valence-corrected chi connectivity index (χ0v) is 18.0. The number of aromatic nitrogens is 4. The third-order valence-electron chi connectivity index (χ3n) is 5.14. The van der Waals surface area contributed by atoms with Crippen molar-refractivity contribution in [2.75, 3.05) is 6.67 Å². The number of halogens is 1. The van der Waals surface area contributed by atoms with E-state index in [0.29, 0.717) is 34.9 Å². The SMILES string of the molecule is CCn1c(=O)n(Cc2nnc(C)s2)c(=O)c2cc(S(=O)(=O)NC3(CF)CC3)ccc21. The lowest BCUT2D eigenvalue weighted by atomic mass is 10.2. The van der Waals surface area contributed by atoms with E-state index in [-0.39, 0.29) is 16.8 Å². The fraction of sp³-hybridized carbons (Fsp3) is 0.444. The molecule has 0 atom stereocenters. The molecule has 0 radical (unpaired) electrons. The summed E-state index contributed by atoms with van der Waals surface area (Å²) < 4.78 is 43.5. The van der Waals surface area contributed by atoms with Crippen LogP contribution in [0, 0.1) is 6.92 Å². The van der Waals surface area contributed by atoms with Crippen molar-refractivity contribution < 1.29 is 12.8 Å². The van der Waals surface area contributed by atoms with Crippen LogP contribution >= 0.6 is 11.3 Å². The molecule has 0 aliphatic heterocycles. The van der Waals surface area contributed by atoms with Gasteiger partial charge in [0.2, 0.25) is 10.0 Å². The molecule has 0 spiro atoms. The second-order valence-electron chi connectivity index (χ2n) is 7.33. The Kier molecular flexibility index (Phi) is 5.11. The Labute approximate surface area is 175 Å². The van der Waals surface area contributed by atoms with Crippen molar-refractivity contribution in [1.82, 2.24) is 24.1 Å². The Balaban J connectivity index is 1.86. The van der Waals surface area contributed by atoms with E-state index in [2.05, 4.69) is 14.9 Å². The number of fused-ring (bicyclic) bond motifs is 1. The third-order valence-corrected chi connectivity index (χ3v) is 7.54. The number of benzene rings is 1. The number of rotatable bonds is 7. The quantitative estimate of drug-likeness (QED) is 0.574. The van der Waals surface area contributed by atoms with Crippen molar-refractivity contribution in [1.29, 1.82) is 0 Å². The van der Waals surface area contributed by atoms with Gasteiger partial charge in [0, 0.05) is 6.54 Å². The smallest absolute Gasteiger partial charge is 0.293 e. The van der Waals surface area contributed by atoms with Crippen LogP contribution in [0.2, 0.25) is 0 Å². The van der Waals surface area contributed by atoms with Gasteiger partial charge in [-0.05, 0) is 44.9 Å². The molecule has 1 aromatic carbocycles. The Hall–Kier alpha value is -2.44. The summed E-state index contributed by atoms with van der Waals surface area (Å²) in [5.41, 5.74) is -1.84. The van der Waals surface area contributed by atoms with Gasteiger partial charge < -0.3 is 0 Å². The maximum Gasteiger partial charge on any atom is 0.331 e. The van der Waals surface area contributed by atoms with E-state index in [1.807, 2.05) is 0 Å². The largest absolute Gasteiger partial charge is 0.331 e. The zero-order valence-electron chi connectivity index (χ0n) is 16.4. The average Bonchev–Trinajstić information content (AvgIpc) is 3.36. The molecule has 2 heterocycles. The van der Waals surface area contributed by atoms with Crippen molar-refractivity contribution in [2.24, 2.45) is 0 Å². The number of nitrogens with one attached hydrogen (secondary N) is 1. The first kappa shape index (κ1) is 20.8. The first-order valence-corrected chi connectivity index (χ1v) is 11.7. The van der Waals surface area contributed by atoms with Crippen molar-refractivity contribution in [3.05, 3.63) is 49.1 Å². The highest BCUT2D eigenvalue weighted by Gasteiger charge is 2.46. The molecule has 2 aromatic heterocycles.